The molecule has 4 nitrogen and oxygen atoms in total. The molecule has 0 radical (unpaired) electrons. The Bertz CT molecular complexity index is 867. The highest BCUT2D eigenvalue weighted by molar-refractivity contribution is 6.33. The predicted octanol–water partition coefficient (Wildman–Crippen LogP) is 3.52. The van der Waals surface area contributed by atoms with Gasteiger partial charge >= 0.3 is 5.63 Å². The molecule has 1 heterocycles. The summed E-state index contributed by atoms with van der Waals surface area (Å²) in [5, 5.41) is 20.0. The second-order valence-corrected chi connectivity index (χ2v) is 4.69. The smallest absolute Gasteiger partial charge is 0.344 e. The molecular formula is C15H9ClO4. The lowest BCUT2D eigenvalue weighted by molar-refractivity contribution is 0.398. The molecule has 0 saturated carbocycles. The molecule has 2 aromatic carbocycles. The van der Waals surface area contributed by atoms with Gasteiger partial charge in [-0.05, 0) is 24.3 Å². The minimum Gasteiger partial charge on any atom is -0.504 e. The summed E-state index contributed by atoms with van der Waals surface area (Å²) in [6.07, 6.45) is 0. The van der Waals surface area contributed by atoms with E-state index in [0.29, 0.717) is 21.5 Å². The zero-order valence-corrected chi connectivity index (χ0v) is 10.9. The number of hydrogen-bond donors (Lipinski definition) is 2. The van der Waals surface area contributed by atoms with Crippen LogP contribution in [-0.4, -0.2) is 10.2 Å². The van der Waals surface area contributed by atoms with Crippen LogP contribution in [0.1, 0.15) is 0 Å². The monoisotopic (exact) mass is 288 g/mol. The van der Waals surface area contributed by atoms with Crippen LogP contribution in [-0.2, 0) is 0 Å². The van der Waals surface area contributed by atoms with Crippen molar-refractivity contribution in [3.63, 3.8) is 0 Å². The average molecular weight is 289 g/mol. The van der Waals surface area contributed by atoms with Crippen molar-refractivity contribution in [2.75, 3.05) is 0 Å². The Balaban J connectivity index is 2.35. The lowest BCUT2D eigenvalue weighted by Crippen LogP contribution is -2.03. The summed E-state index contributed by atoms with van der Waals surface area (Å²) in [6, 6.07) is 11.4. The van der Waals surface area contributed by atoms with Gasteiger partial charge in [-0.1, -0.05) is 29.8 Å². The van der Waals surface area contributed by atoms with Gasteiger partial charge < -0.3 is 14.6 Å². The van der Waals surface area contributed by atoms with Crippen molar-refractivity contribution in [2.24, 2.45) is 0 Å². The van der Waals surface area contributed by atoms with Crippen molar-refractivity contribution < 1.29 is 14.6 Å². The van der Waals surface area contributed by atoms with Gasteiger partial charge in [0, 0.05) is 16.0 Å². The van der Waals surface area contributed by atoms with Gasteiger partial charge in [0.25, 0.3) is 0 Å². The summed E-state index contributed by atoms with van der Waals surface area (Å²) >= 11 is 6.07. The van der Waals surface area contributed by atoms with Gasteiger partial charge in [-0.3, -0.25) is 0 Å². The number of aromatic hydroxyl groups is 2. The zero-order valence-electron chi connectivity index (χ0n) is 10.1. The summed E-state index contributed by atoms with van der Waals surface area (Å²) in [7, 11) is 0. The Morgan fingerprint density at radius 1 is 1.00 bits per heavy atom. The minimum atomic E-state index is -0.633. The van der Waals surface area contributed by atoms with Crippen LogP contribution in [0.15, 0.2) is 51.7 Å². The van der Waals surface area contributed by atoms with E-state index in [-0.39, 0.29) is 11.3 Å². The van der Waals surface area contributed by atoms with Crippen molar-refractivity contribution >= 4 is 22.6 Å². The van der Waals surface area contributed by atoms with Crippen molar-refractivity contribution in [1.29, 1.82) is 0 Å². The molecule has 100 valence electrons. The van der Waals surface area contributed by atoms with Crippen molar-refractivity contribution in [1.82, 2.24) is 0 Å². The number of halogens is 1. The van der Waals surface area contributed by atoms with Gasteiger partial charge in [0.2, 0.25) is 5.75 Å². The molecule has 0 amide bonds. The molecule has 3 rings (SSSR count). The van der Waals surface area contributed by atoms with E-state index < -0.39 is 11.4 Å². The predicted molar refractivity (Wildman–Crippen MR) is 76.3 cm³/mol. The number of fused-ring (bicyclic) bond motifs is 1. The number of phenolic OH excluding ortho intramolecular Hbond substituents is 2. The van der Waals surface area contributed by atoms with Gasteiger partial charge in [0.1, 0.15) is 0 Å². The summed E-state index contributed by atoms with van der Waals surface area (Å²) < 4.78 is 5.09. The highest BCUT2D eigenvalue weighted by atomic mass is 35.5. The standard InChI is InChI=1S/C15H9ClO4/c16-11-4-2-1-3-9(11)10-7-8-5-6-12(17)13(18)14(8)20-15(10)19/h1-7,17-18H. The molecule has 0 fully saturated rings. The average Bonchev–Trinajstić information content (AvgIpc) is 2.44. The molecule has 3 aromatic rings. The molecule has 0 aliphatic carbocycles. The Morgan fingerprint density at radius 3 is 2.50 bits per heavy atom. The van der Waals surface area contributed by atoms with E-state index in [4.69, 9.17) is 16.0 Å². The third-order valence-corrected chi connectivity index (χ3v) is 3.35. The van der Waals surface area contributed by atoms with E-state index >= 15 is 0 Å². The summed E-state index contributed by atoms with van der Waals surface area (Å²) in [5.41, 5.74) is 0.169. The van der Waals surface area contributed by atoms with Gasteiger partial charge in [-0.15, -0.1) is 0 Å². The van der Waals surface area contributed by atoms with Crippen LogP contribution >= 0.6 is 11.6 Å². The van der Waals surface area contributed by atoms with Gasteiger partial charge in [-0.25, -0.2) is 4.79 Å². The van der Waals surface area contributed by atoms with Crippen LogP contribution in [0.4, 0.5) is 0 Å². The Hall–Kier alpha value is -2.46. The molecule has 0 bridgehead atoms. The number of rotatable bonds is 1. The van der Waals surface area contributed by atoms with E-state index in [0.717, 1.165) is 0 Å². The molecule has 0 aliphatic rings. The summed E-state index contributed by atoms with van der Waals surface area (Å²) in [5.74, 6) is -0.795. The first-order chi connectivity index (χ1) is 9.58. The first-order valence-corrected chi connectivity index (χ1v) is 6.19. The van der Waals surface area contributed by atoms with Crippen molar-refractivity contribution in [3.8, 4) is 22.6 Å². The highest BCUT2D eigenvalue weighted by Crippen LogP contribution is 2.35. The summed E-state index contributed by atoms with van der Waals surface area (Å²) in [6.45, 7) is 0. The third kappa shape index (κ3) is 1.90. The SMILES string of the molecule is O=c1oc2c(O)c(O)ccc2cc1-c1ccccc1Cl. The van der Waals surface area contributed by atoms with Crippen LogP contribution < -0.4 is 5.63 Å². The molecule has 0 aliphatic heterocycles. The van der Waals surface area contributed by atoms with Crippen LogP contribution in [0.2, 0.25) is 5.02 Å². The van der Waals surface area contributed by atoms with Gasteiger partial charge in [0.15, 0.2) is 11.3 Å². The van der Waals surface area contributed by atoms with E-state index in [9.17, 15) is 15.0 Å². The summed E-state index contributed by atoms with van der Waals surface area (Å²) in [4.78, 5) is 12.0. The number of benzene rings is 2. The van der Waals surface area contributed by atoms with Crippen LogP contribution in [0.5, 0.6) is 11.5 Å². The molecular weight excluding hydrogens is 280 g/mol. The maximum atomic E-state index is 12.0. The van der Waals surface area contributed by atoms with Gasteiger partial charge in [-0.2, -0.15) is 0 Å². The molecule has 5 heteroatoms. The molecule has 0 saturated heterocycles. The highest BCUT2D eigenvalue weighted by Gasteiger charge is 2.14. The van der Waals surface area contributed by atoms with Crippen LogP contribution in [0.25, 0.3) is 22.1 Å². The van der Waals surface area contributed by atoms with Gasteiger partial charge in [0.05, 0.1) is 5.56 Å². The number of phenols is 2. The van der Waals surface area contributed by atoms with E-state index in [2.05, 4.69) is 0 Å². The first-order valence-electron chi connectivity index (χ1n) is 5.81. The topological polar surface area (TPSA) is 70.7 Å². The Labute approximate surface area is 118 Å². The first kappa shape index (κ1) is 12.6. The lowest BCUT2D eigenvalue weighted by atomic mass is 10.1. The fraction of sp³-hybridized carbons (Fsp3) is 0. The quantitative estimate of drug-likeness (QED) is 0.531. The minimum absolute atomic E-state index is 0.0502. The third-order valence-electron chi connectivity index (χ3n) is 3.02. The second kappa shape index (κ2) is 4.58. The van der Waals surface area contributed by atoms with E-state index in [1.54, 1.807) is 36.4 Å². The fourth-order valence-electron chi connectivity index (χ4n) is 2.03. The van der Waals surface area contributed by atoms with Crippen molar-refractivity contribution in [2.45, 2.75) is 0 Å². The Morgan fingerprint density at radius 2 is 1.75 bits per heavy atom. The maximum absolute atomic E-state index is 12.0. The zero-order chi connectivity index (χ0) is 14.3. The Kier molecular flexibility index (Phi) is 2.88. The number of hydrogen-bond acceptors (Lipinski definition) is 4. The molecule has 20 heavy (non-hydrogen) atoms. The second-order valence-electron chi connectivity index (χ2n) is 4.28. The molecule has 1 aromatic heterocycles. The normalized spacial score (nSPS) is 10.8. The van der Waals surface area contributed by atoms with Crippen molar-refractivity contribution in [3.05, 3.63) is 57.9 Å². The lowest BCUT2D eigenvalue weighted by Gasteiger charge is -2.06. The molecule has 0 spiro atoms. The molecule has 0 atom stereocenters. The largest absolute Gasteiger partial charge is 0.504 e. The molecule has 0 unspecified atom stereocenters. The molecule has 2 N–H and O–H groups in total. The van der Waals surface area contributed by atoms with E-state index in [1.807, 2.05) is 0 Å². The van der Waals surface area contributed by atoms with Crippen LogP contribution in [0, 0.1) is 0 Å². The maximum Gasteiger partial charge on any atom is 0.344 e. The fourth-order valence-corrected chi connectivity index (χ4v) is 2.26. The van der Waals surface area contributed by atoms with Crippen LogP contribution in [0.3, 0.4) is 0 Å². The van der Waals surface area contributed by atoms with E-state index in [1.165, 1.54) is 6.07 Å².